The molecule has 0 saturated heterocycles. The number of nitrogens with zero attached hydrogens (tertiary/aromatic N) is 3. The third kappa shape index (κ3) is 4.41. The lowest BCUT2D eigenvalue weighted by Gasteiger charge is -2.25. The molecule has 2 aromatic rings. The van der Waals surface area contributed by atoms with E-state index in [0.717, 1.165) is 24.0 Å². The molecule has 1 fully saturated rings. The standard InChI is InChI=1S/C21H23N3O3S/c1-16-5-3-4-6-18(16)14-23(2)21(25)15-24(19-9-10-19)28(26,27)20-11-7-17(13-22)8-12-20/h3-8,11-12,19H,9-10,14-15H2,1-2H3. The fraction of sp³-hybridized carbons (Fsp3) is 0.333. The van der Waals surface area contributed by atoms with Crippen LogP contribution in [0.5, 0.6) is 0 Å². The van der Waals surface area contributed by atoms with E-state index in [9.17, 15) is 13.2 Å². The largest absolute Gasteiger partial charge is 0.340 e. The highest BCUT2D eigenvalue weighted by molar-refractivity contribution is 7.89. The smallest absolute Gasteiger partial charge is 0.243 e. The molecule has 146 valence electrons. The third-order valence-electron chi connectivity index (χ3n) is 4.93. The summed E-state index contributed by atoms with van der Waals surface area (Å²) < 4.78 is 27.4. The summed E-state index contributed by atoms with van der Waals surface area (Å²) in [7, 11) is -2.11. The van der Waals surface area contributed by atoms with Crippen LogP contribution in [-0.4, -0.2) is 43.2 Å². The van der Waals surface area contributed by atoms with Gasteiger partial charge < -0.3 is 4.90 Å². The summed E-state index contributed by atoms with van der Waals surface area (Å²) in [4.78, 5) is 14.4. The van der Waals surface area contributed by atoms with Crippen molar-refractivity contribution < 1.29 is 13.2 Å². The highest BCUT2D eigenvalue weighted by atomic mass is 32.2. The predicted molar refractivity (Wildman–Crippen MR) is 106 cm³/mol. The summed E-state index contributed by atoms with van der Waals surface area (Å²) in [5.74, 6) is -0.243. The molecule has 0 atom stereocenters. The zero-order chi connectivity index (χ0) is 20.3. The minimum Gasteiger partial charge on any atom is -0.340 e. The lowest BCUT2D eigenvalue weighted by Crippen LogP contribution is -2.42. The topological polar surface area (TPSA) is 81.5 Å². The second-order valence-corrected chi connectivity index (χ2v) is 8.98. The molecule has 1 amide bonds. The van der Waals surface area contributed by atoms with E-state index < -0.39 is 10.0 Å². The molecule has 1 aliphatic carbocycles. The third-order valence-corrected chi connectivity index (χ3v) is 6.84. The number of hydrogen-bond donors (Lipinski definition) is 0. The van der Waals surface area contributed by atoms with Gasteiger partial charge in [0.25, 0.3) is 0 Å². The van der Waals surface area contributed by atoms with E-state index >= 15 is 0 Å². The van der Waals surface area contributed by atoms with Gasteiger partial charge in [-0.25, -0.2) is 8.42 Å². The van der Waals surface area contributed by atoms with Gasteiger partial charge in [0.05, 0.1) is 23.1 Å². The van der Waals surface area contributed by atoms with Crippen LogP contribution < -0.4 is 0 Å². The Kier molecular flexibility index (Phi) is 5.82. The monoisotopic (exact) mass is 397 g/mol. The van der Waals surface area contributed by atoms with E-state index in [1.54, 1.807) is 11.9 Å². The van der Waals surface area contributed by atoms with Crippen molar-refractivity contribution in [2.45, 2.75) is 37.2 Å². The summed E-state index contributed by atoms with van der Waals surface area (Å²) in [6, 6.07) is 15.4. The molecular weight excluding hydrogens is 374 g/mol. The number of rotatable bonds is 7. The SMILES string of the molecule is Cc1ccccc1CN(C)C(=O)CN(C1CC1)S(=O)(=O)c1ccc(C#N)cc1. The Bertz CT molecular complexity index is 1010. The van der Waals surface area contributed by atoms with Crippen LogP contribution in [-0.2, 0) is 21.4 Å². The number of carbonyl (C=O) groups is 1. The van der Waals surface area contributed by atoms with Crippen molar-refractivity contribution >= 4 is 15.9 Å². The first-order valence-electron chi connectivity index (χ1n) is 9.13. The predicted octanol–water partition coefficient (Wildman–Crippen LogP) is 2.68. The highest BCUT2D eigenvalue weighted by Crippen LogP contribution is 2.32. The fourth-order valence-corrected chi connectivity index (χ4v) is 4.63. The highest BCUT2D eigenvalue weighted by Gasteiger charge is 2.39. The van der Waals surface area contributed by atoms with Crippen LogP contribution in [0.4, 0.5) is 0 Å². The van der Waals surface area contributed by atoms with Crippen LogP contribution in [0.3, 0.4) is 0 Å². The number of benzene rings is 2. The fourth-order valence-electron chi connectivity index (χ4n) is 2.99. The van der Waals surface area contributed by atoms with Crippen LogP contribution in [0, 0.1) is 18.3 Å². The van der Waals surface area contributed by atoms with Gasteiger partial charge in [0, 0.05) is 19.6 Å². The van der Waals surface area contributed by atoms with Gasteiger partial charge in [-0.05, 0) is 55.2 Å². The number of likely N-dealkylation sites (N-methyl/N-ethyl adjacent to an activating group) is 1. The zero-order valence-electron chi connectivity index (χ0n) is 16.0. The Balaban J connectivity index is 1.76. The first kappa shape index (κ1) is 20.1. The van der Waals surface area contributed by atoms with Crippen molar-refractivity contribution in [1.29, 1.82) is 5.26 Å². The van der Waals surface area contributed by atoms with Gasteiger partial charge in [-0.15, -0.1) is 0 Å². The first-order chi connectivity index (χ1) is 13.3. The molecule has 0 bridgehead atoms. The molecule has 0 aliphatic heterocycles. The van der Waals surface area contributed by atoms with E-state index in [0.29, 0.717) is 12.1 Å². The molecular formula is C21H23N3O3S. The minimum atomic E-state index is -3.80. The molecule has 0 radical (unpaired) electrons. The molecule has 0 spiro atoms. The van der Waals surface area contributed by atoms with Gasteiger partial charge in [-0.3, -0.25) is 4.79 Å². The van der Waals surface area contributed by atoms with E-state index in [1.165, 1.54) is 28.6 Å². The van der Waals surface area contributed by atoms with Gasteiger partial charge in [0.15, 0.2) is 0 Å². The maximum Gasteiger partial charge on any atom is 0.243 e. The van der Waals surface area contributed by atoms with Gasteiger partial charge >= 0.3 is 0 Å². The zero-order valence-corrected chi connectivity index (χ0v) is 16.8. The number of amides is 1. The Morgan fingerprint density at radius 1 is 1.14 bits per heavy atom. The molecule has 7 heteroatoms. The summed E-state index contributed by atoms with van der Waals surface area (Å²) >= 11 is 0. The van der Waals surface area contributed by atoms with Gasteiger partial charge in [0.1, 0.15) is 0 Å². The van der Waals surface area contributed by atoms with Crippen LogP contribution in [0.15, 0.2) is 53.4 Å². The number of sulfonamides is 1. The van der Waals surface area contributed by atoms with Gasteiger partial charge in [-0.2, -0.15) is 9.57 Å². The average Bonchev–Trinajstić information content (AvgIpc) is 3.52. The van der Waals surface area contributed by atoms with E-state index in [4.69, 9.17) is 5.26 Å². The maximum atomic E-state index is 13.1. The quantitative estimate of drug-likeness (QED) is 0.719. The van der Waals surface area contributed by atoms with Crippen molar-refractivity contribution in [3.63, 3.8) is 0 Å². The molecule has 0 unspecified atom stereocenters. The van der Waals surface area contributed by atoms with Crippen LogP contribution >= 0.6 is 0 Å². The molecule has 0 N–H and O–H groups in total. The van der Waals surface area contributed by atoms with Gasteiger partial charge in [0.2, 0.25) is 15.9 Å². The second kappa shape index (κ2) is 8.13. The van der Waals surface area contributed by atoms with Crippen LogP contribution in [0.1, 0.15) is 29.5 Å². The summed E-state index contributed by atoms with van der Waals surface area (Å²) in [6.45, 7) is 2.23. The van der Waals surface area contributed by atoms with Crippen molar-refractivity contribution in [2.75, 3.05) is 13.6 Å². The summed E-state index contributed by atoms with van der Waals surface area (Å²) in [5.41, 5.74) is 2.52. The minimum absolute atomic E-state index is 0.104. The van der Waals surface area contributed by atoms with Crippen molar-refractivity contribution in [1.82, 2.24) is 9.21 Å². The van der Waals surface area contributed by atoms with E-state index in [2.05, 4.69) is 0 Å². The van der Waals surface area contributed by atoms with Crippen LogP contribution in [0.25, 0.3) is 0 Å². The number of hydrogen-bond acceptors (Lipinski definition) is 4. The number of aryl methyl sites for hydroxylation is 1. The Labute approximate surface area is 166 Å². The normalized spacial score (nSPS) is 13.9. The second-order valence-electron chi connectivity index (χ2n) is 7.09. The molecule has 3 rings (SSSR count). The Hall–Kier alpha value is -2.69. The maximum absolute atomic E-state index is 13.1. The number of nitriles is 1. The Morgan fingerprint density at radius 3 is 2.36 bits per heavy atom. The first-order valence-corrected chi connectivity index (χ1v) is 10.6. The van der Waals surface area contributed by atoms with E-state index in [-0.39, 0.29) is 23.4 Å². The molecule has 1 saturated carbocycles. The van der Waals surface area contributed by atoms with Crippen LogP contribution in [0.2, 0.25) is 0 Å². The van der Waals surface area contributed by atoms with Crippen molar-refractivity contribution in [2.24, 2.45) is 0 Å². The summed E-state index contributed by atoms with van der Waals surface area (Å²) in [6.07, 6.45) is 1.51. The molecule has 6 nitrogen and oxygen atoms in total. The molecule has 2 aromatic carbocycles. The lowest BCUT2D eigenvalue weighted by molar-refractivity contribution is -0.130. The molecule has 0 heterocycles. The average molecular weight is 398 g/mol. The van der Waals surface area contributed by atoms with Crippen molar-refractivity contribution in [3.05, 3.63) is 65.2 Å². The molecule has 28 heavy (non-hydrogen) atoms. The van der Waals surface area contributed by atoms with Crippen molar-refractivity contribution in [3.8, 4) is 6.07 Å². The molecule has 1 aliphatic rings. The lowest BCUT2D eigenvalue weighted by atomic mass is 10.1. The molecule has 0 aromatic heterocycles. The van der Waals surface area contributed by atoms with E-state index in [1.807, 2.05) is 37.3 Å². The van der Waals surface area contributed by atoms with Gasteiger partial charge in [-0.1, -0.05) is 24.3 Å². The summed E-state index contributed by atoms with van der Waals surface area (Å²) in [5, 5.41) is 8.90. The number of carbonyl (C=O) groups excluding carboxylic acids is 1. The Morgan fingerprint density at radius 2 is 1.79 bits per heavy atom.